The highest BCUT2D eigenvalue weighted by Crippen LogP contribution is 2.24. The first kappa shape index (κ1) is 15.2. The monoisotopic (exact) mass is 316 g/mol. The van der Waals surface area contributed by atoms with Gasteiger partial charge < -0.3 is 9.64 Å². The van der Waals surface area contributed by atoms with E-state index in [1.807, 2.05) is 30.0 Å². The van der Waals surface area contributed by atoms with E-state index in [0.29, 0.717) is 32.6 Å². The van der Waals surface area contributed by atoms with Crippen molar-refractivity contribution in [3.63, 3.8) is 0 Å². The van der Waals surface area contributed by atoms with Crippen LogP contribution in [0.5, 0.6) is 0 Å². The number of nitrogens with zero attached hydrogens (tertiary/aromatic N) is 2. The van der Waals surface area contributed by atoms with Gasteiger partial charge in [0.15, 0.2) is 0 Å². The Morgan fingerprint density at radius 1 is 1.41 bits per heavy atom. The molecular weight excluding hydrogens is 296 g/mol. The van der Waals surface area contributed by atoms with Crippen molar-refractivity contribution in [1.82, 2.24) is 9.88 Å². The number of morpholine rings is 1. The van der Waals surface area contributed by atoms with Crippen molar-refractivity contribution >= 4 is 17.2 Å². The second kappa shape index (κ2) is 7.03. The molecule has 1 fully saturated rings. The summed E-state index contributed by atoms with van der Waals surface area (Å²) >= 11 is 1.63. The fraction of sp³-hybridized carbons (Fsp3) is 0.412. The van der Waals surface area contributed by atoms with Gasteiger partial charge in [-0.2, -0.15) is 0 Å². The number of thiazole rings is 1. The number of hydrogen-bond donors (Lipinski definition) is 0. The number of carbonyl (C=O) groups excluding carboxylic acids is 1. The van der Waals surface area contributed by atoms with E-state index in [1.165, 1.54) is 0 Å². The van der Waals surface area contributed by atoms with Crippen LogP contribution in [-0.4, -0.2) is 41.6 Å². The predicted molar refractivity (Wildman–Crippen MR) is 87.9 cm³/mol. The van der Waals surface area contributed by atoms with Gasteiger partial charge in [-0.25, -0.2) is 4.98 Å². The Morgan fingerprint density at radius 2 is 2.23 bits per heavy atom. The number of amides is 1. The van der Waals surface area contributed by atoms with E-state index in [4.69, 9.17) is 4.74 Å². The van der Waals surface area contributed by atoms with Crippen LogP contribution >= 0.6 is 11.3 Å². The molecule has 0 bridgehead atoms. The first-order valence-electron chi connectivity index (χ1n) is 7.61. The van der Waals surface area contributed by atoms with Crippen LogP contribution < -0.4 is 0 Å². The van der Waals surface area contributed by atoms with Crippen LogP contribution in [-0.2, 0) is 16.0 Å². The lowest BCUT2D eigenvalue weighted by Gasteiger charge is -2.33. The summed E-state index contributed by atoms with van der Waals surface area (Å²) in [4.78, 5) is 18.9. The molecule has 1 aliphatic rings. The third-order valence-electron chi connectivity index (χ3n) is 3.86. The van der Waals surface area contributed by atoms with Crippen LogP contribution in [0.4, 0.5) is 0 Å². The maximum absolute atomic E-state index is 12.3. The van der Waals surface area contributed by atoms with Gasteiger partial charge in [0.05, 0.1) is 24.9 Å². The first-order chi connectivity index (χ1) is 10.7. The molecule has 0 N–H and O–H groups in total. The number of ether oxygens (including phenoxy) is 1. The van der Waals surface area contributed by atoms with Crippen LogP contribution in [0.2, 0.25) is 0 Å². The van der Waals surface area contributed by atoms with Gasteiger partial charge >= 0.3 is 0 Å². The molecule has 0 radical (unpaired) electrons. The molecule has 1 aromatic carbocycles. The summed E-state index contributed by atoms with van der Waals surface area (Å²) in [5, 5.41) is 3.07. The van der Waals surface area contributed by atoms with E-state index in [2.05, 4.69) is 22.5 Å². The highest BCUT2D eigenvalue weighted by atomic mass is 32.1. The number of aryl methyl sites for hydroxylation is 1. The normalized spacial score (nSPS) is 18.4. The van der Waals surface area contributed by atoms with Crippen LogP contribution in [0.15, 0.2) is 35.7 Å². The molecule has 5 heteroatoms. The van der Waals surface area contributed by atoms with E-state index in [-0.39, 0.29) is 11.9 Å². The summed E-state index contributed by atoms with van der Waals surface area (Å²) in [6.45, 7) is 4.02. The largest absolute Gasteiger partial charge is 0.377 e. The van der Waals surface area contributed by atoms with Crippen molar-refractivity contribution in [2.45, 2.75) is 25.8 Å². The van der Waals surface area contributed by atoms with Gasteiger partial charge in [0.1, 0.15) is 5.01 Å². The molecule has 3 rings (SSSR count). The summed E-state index contributed by atoms with van der Waals surface area (Å²) in [6, 6.07) is 10.3. The number of benzene rings is 1. The lowest BCUT2D eigenvalue weighted by molar-refractivity contribution is -0.139. The number of hydrogen-bond acceptors (Lipinski definition) is 4. The first-order valence-corrected chi connectivity index (χ1v) is 8.49. The minimum absolute atomic E-state index is 0.177. The molecule has 1 unspecified atom stereocenters. The molecule has 2 aromatic rings. The van der Waals surface area contributed by atoms with Crippen molar-refractivity contribution in [1.29, 1.82) is 0 Å². The van der Waals surface area contributed by atoms with Gasteiger partial charge in [0.2, 0.25) is 5.91 Å². The van der Waals surface area contributed by atoms with Crippen molar-refractivity contribution in [3.8, 4) is 10.6 Å². The topological polar surface area (TPSA) is 42.4 Å². The molecule has 0 aliphatic carbocycles. The molecule has 1 aromatic heterocycles. The standard InChI is InChI=1S/C17H20N2O2S/c1-13-11-21-10-9-19(13)16(20)8-7-15-12-22-17(18-15)14-5-3-2-4-6-14/h2-6,12-13H,7-11H2,1H3. The van der Waals surface area contributed by atoms with Crippen LogP contribution in [0, 0.1) is 0 Å². The Morgan fingerprint density at radius 3 is 3.00 bits per heavy atom. The predicted octanol–water partition coefficient (Wildman–Crippen LogP) is 2.99. The second-order valence-corrected chi connectivity index (χ2v) is 6.38. The van der Waals surface area contributed by atoms with Crippen molar-refractivity contribution < 1.29 is 9.53 Å². The summed E-state index contributed by atoms with van der Waals surface area (Å²) in [6.07, 6.45) is 1.22. The number of rotatable bonds is 4. The van der Waals surface area contributed by atoms with E-state index < -0.39 is 0 Å². The maximum Gasteiger partial charge on any atom is 0.223 e. The fourth-order valence-electron chi connectivity index (χ4n) is 2.61. The molecule has 1 amide bonds. The Labute approximate surface area is 134 Å². The number of carbonyl (C=O) groups is 1. The average Bonchev–Trinajstić information content (AvgIpc) is 3.03. The van der Waals surface area contributed by atoms with E-state index in [9.17, 15) is 4.79 Å². The van der Waals surface area contributed by atoms with Gasteiger partial charge in [-0.3, -0.25) is 4.79 Å². The molecule has 0 saturated carbocycles. The molecule has 1 saturated heterocycles. The quantitative estimate of drug-likeness (QED) is 0.871. The Bertz CT molecular complexity index is 627. The summed E-state index contributed by atoms with van der Waals surface area (Å²) < 4.78 is 5.37. The van der Waals surface area contributed by atoms with Gasteiger partial charge in [-0.05, 0) is 13.3 Å². The molecule has 22 heavy (non-hydrogen) atoms. The maximum atomic E-state index is 12.3. The third-order valence-corrected chi connectivity index (χ3v) is 4.80. The highest BCUT2D eigenvalue weighted by molar-refractivity contribution is 7.13. The Balaban J connectivity index is 1.58. The van der Waals surface area contributed by atoms with E-state index in [0.717, 1.165) is 16.3 Å². The third kappa shape index (κ3) is 3.54. The minimum atomic E-state index is 0.177. The lowest BCUT2D eigenvalue weighted by Crippen LogP contribution is -2.47. The van der Waals surface area contributed by atoms with Gasteiger partial charge in [-0.15, -0.1) is 11.3 Å². The van der Waals surface area contributed by atoms with Gasteiger partial charge in [-0.1, -0.05) is 30.3 Å². The Hall–Kier alpha value is -1.72. The molecule has 2 heterocycles. The summed E-state index contributed by atoms with van der Waals surface area (Å²) in [7, 11) is 0. The second-order valence-electron chi connectivity index (χ2n) is 5.52. The SMILES string of the molecule is CC1COCCN1C(=O)CCc1csc(-c2ccccc2)n1. The van der Waals surface area contributed by atoms with Crippen molar-refractivity contribution in [3.05, 3.63) is 41.4 Å². The van der Waals surface area contributed by atoms with Crippen molar-refractivity contribution in [2.24, 2.45) is 0 Å². The van der Waals surface area contributed by atoms with Gasteiger partial charge in [0.25, 0.3) is 0 Å². The zero-order chi connectivity index (χ0) is 15.4. The Kier molecular flexibility index (Phi) is 4.85. The molecule has 4 nitrogen and oxygen atoms in total. The zero-order valence-corrected chi connectivity index (χ0v) is 13.5. The number of aromatic nitrogens is 1. The minimum Gasteiger partial charge on any atom is -0.377 e. The van der Waals surface area contributed by atoms with Gasteiger partial charge in [0, 0.05) is 23.9 Å². The van der Waals surface area contributed by atoms with E-state index >= 15 is 0 Å². The molecule has 1 atom stereocenters. The van der Waals surface area contributed by atoms with Crippen LogP contribution in [0.1, 0.15) is 19.0 Å². The molecular formula is C17H20N2O2S. The summed E-state index contributed by atoms with van der Waals surface area (Å²) in [5.74, 6) is 0.199. The van der Waals surface area contributed by atoms with E-state index in [1.54, 1.807) is 11.3 Å². The molecule has 1 aliphatic heterocycles. The highest BCUT2D eigenvalue weighted by Gasteiger charge is 2.23. The summed E-state index contributed by atoms with van der Waals surface area (Å²) in [5.41, 5.74) is 2.13. The fourth-order valence-corrected chi connectivity index (χ4v) is 3.47. The van der Waals surface area contributed by atoms with Crippen molar-refractivity contribution in [2.75, 3.05) is 19.8 Å². The van der Waals surface area contributed by atoms with Crippen LogP contribution in [0.25, 0.3) is 10.6 Å². The lowest BCUT2D eigenvalue weighted by atomic mass is 10.2. The molecule has 0 spiro atoms. The smallest absolute Gasteiger partial charge is 0.223 e. The zero-order valence-electron chi connectivity index (χ0n) is 12.7. The molecule has 116 valence electrons. The average molecular weight is 316 g/mol. The van der Waals surface area contributed by atoms with Crippen LogP contribution in [0.3, 0.4) is 0 Å².